The van der Waals surface area contributed by atoms with Crippen LogP contribution < -0.4 is 4.74 Å². The maximum absolute atomic E-state index is 13.1. The number of benzene rings is 2. The van der Waals surface area contributed by atoms with E-state index in [0.29, 0.717) is 0 Å². The smallest absolute Gasteiger partial charge is 0.247 e. The normalized spacial score (nSPS) is 18.2. The predicted octanol–water partition coefficient (Wildman–Crippen LogP) is 2.76. The molecule has 0 saturated carbocycles. The molecule has 134 valence electrons. The number of hydrogen-bond acceptors (Lipinski definition) is 5. The summed E-state index contributed by atoms with van der Waals surface area (Å²) in [5.74, 6) is 0.891. The molecule has 26 heavy (non-hydrogen) atoms. The molecular weight excluding hydrogens is 330 g/mol. The van der Waals surface area contributed by atoms with E-state index in [0.717, 1.165) is 41.5 Å². The number of tetrazole rings is 1. The van der Waals surface area contributed by atoms with E-state index in [1.54, 1.807) is 7.11 Å². The molecule has 0 radical (unpaired) electrons. The summed E-state index contributed by atoms with van der Waals surface area (Å²) in [6, 6.07) is 11.9. The van der Waals surface area contributed by atoms with Crippen molar-refractivity contribution in [2.75, 3.05) is 13.7 Å². The van der Waals surface area contributed by atoms with Crippen LogP contribution in [0.4, 0.5) is 0 Å². The summed E-state index contributed by atoms with van der Waals surface area (Å²) in [5.41, 5.74) is 1.16. The van der Waals surface area contributed by atoms with Crippen LogP contribution in [0.15, 0.2) is 42.7 Å². The van der Waals surface area contributed by atoms with Crippen LogP contribution in [0.2, 0.25) is 0 Å². The highest BCUT2D eigenvalue weighted by Gasteiger charge is 2.34. The summed E-state index contributed by atoms with van der Waals surface area (Å²) >= 11 is 0. The molecule has 0 spiro atoms. The molecule has 2 aromatic carbocycles. The molecule has 3 aromatic rings. The van der Waals surface area contributed by atoms with Gasteiger partial charge in [0, 0.05) is 11.9 Å². The highest BCUT2D eigenvalue weighted by molar-refractivity contribution is 5.92. The molecule has 1 fully saturated rings. The second-order valence-electron chi connectivity index (χ2n) is 6.56. The first-order valence-corrected chi connectivity index (χ1v) is 8.79. The second kappa shape index (κ2) is 6.74. The molecule has 4 rings (SSSR count). The van der Waals surface area contributed by atoms with Gasteiger partial charge in [-0.1, -0.05) is 30.3 Å². The van der Waals surface area contributed by atoms with Crippen LogP contribution in [0.5, 0.6) is 5.75 Å². The fourth-order valence-corrected chi connectivity index (χ4v) is 3.82. The SMILES string of the molecule is COc1ccc([C@H]2CCCN2C(=O)[C@H](C)n2cnnn2)c2ccccc12. The molecule has 7 nitrogen and oxygen atoms in total. The van der Waals surface area contributed by atoms with Gasteiger partial charge in [-0.15, -0.1) is 5.10 Å². The first-order chi connectivity index (χ1) is 12.7. The van der Waals surface area contributed by atoms with Gasteiger partial charge in [0.25, 0.3) is 0 Å². The molecule has 1 aliphatic rings. The number of carbonyl (C=O) groups excluding carboxylic acids is 1. The largest absolute Gasteiger partial charge is 0.496 e. The van der Waals surface area contributed by atoms with Crippen molar-refractivity contribution in [1.29, 1.82) is 0 Å². The van der Waals surface area contributed by atoms with E-state index in [2.05, 4.69) is 33.7 Å². The van der Waals surface area contributed by atoms with Gasteiger partial charge in [0.1, 0.15) is 18.1 Å². The Bertz CT molecular complexity index is 925. The fraction of sp³-hybridized carbons (Fsp3) is 0.368. The van der Waals surface area contributed by atoms with E-state index in [1.165, 1.54) is 11.0 Å². The van der Waals surface area contributed by atoms with Gasteiger partial charge in [-0.3, -0.25) is 4.79 Å². The summed E-state index contributed by atoms with van der Waals surface area (Å²) in [4.78, 5) is 15.0. The van der Waals surface area contributed by atoms with Gasteiger partial charge in [0.05, 0.1) is 13.2 Å². The van der Waals surface area contributed by atoms with Gasteiger partial charge in [-0.25, -0.2) is 4.68 Å². The first-order valence-electron chi connectivity index (χ1n) is 8.79. The quantitative estimate of drug-likeness (QED) is 0.723. The molecule has 7 heteroatoms. The summed E-state index contributed by atoms with van der Waals surface area (Å²) < 4.78 is 7.00. The maximum atomic E-state index is 13.1. The lowest BCUT2D eigenvalue weighted by Crippen LogP contribution is -2.36. The van der Waals surface area contributed by atoms with Gasteiger partial charge >= 0.3 is 0 Å². The van der Waals surface area contributed by atoms with E-state index >= 15 is 0 Å². The minimum atomic E-state index is -0.421. The first kappa shape index (κ1) is 16.5. The zero-order chi connectivity index (χ0) is 18.1. The molecule has 2 atom stereocenters. The summed E-state index contributed by atoms with van der Waals surface area (Å²) in [6.45, 7) is 2.58. The molecule has 1 amide bonds. The van der Waals surface area contributed by atoms with Crippen LogP contribution in [0.1, 0.15) is 37.4 Å². The lowest BCUT2D eigenvalue weighted by Gasteiger charge is -2.28. The minimum absolute atomic E-state index is 0.0414. The van der Waals surface area contributed by atoms with E-state index in [4.69, 9.17) is 4.74 Å². The number of ether oxygens (including phenoxy) is 1. The average Bonchev–Trinajstić information content (AvgIpc) is 3.37. The van der Waals surface area contributed by atoms with Crippen molar-refractivity contribution >= 4 is 16.7 Å². The number of aromatic nitrogens is 4. The van der Waals surface area contributed by atoms with E-state index in [9.17, 15) is 4.79 Å². The molecular formula is C19H21N5O2. The van der Waals surface area contributed by atoms with Gasteiger partial charge in [-0.2, -0.15) is 0 Å². The highest BCUT2D eigenvalue weighted by Crippen LogP contribution is 2.39. The van der Waals surface area contributed by atoms with E-state index in [1.807, 2.05) is 30.0 Å². The highest BCUT2D eigenvalue weighted by atomic mass is 16.5. The average molecular weight is 351 g/mol. The van der Waals surface area contributed by atoms with Crippen molar-refractivity contribution < 1.29 is 9.53 Å². The van der Waals surface area contributed by atoms with Gasteiger partial charge < -0.3 is 9.64 Å². The van der Waals surface area contributed by atoms with Crippen molar-refractivity contribution in [3.05, 3.63) is 48.3 Å². The Morgan fingerprint density at radius 3 is 2.77 bits per heavy atom. The third-order valence-electron chi connectivity index (χ3n) is 5.15. The molecule has 1 aliphatic heterocycles. The molecule has 0 bridgehead atoms. The number of nitrogens with zero attached hydrogens (tertiary/aromatic N) is 5. The second-order valence-corrected chi connectivity index (χ2v) is 6.56. The monoisotopic (exact) mass is 351 g/mol. The van der Waals surface area contributed by atoms with Gasteiger partial charge in [0.2, 0.25) is 5.91 Å². The van der Waals surface area contributed by atoms with Crippen LogP contribution in [-0.2, 0) is 4.79 Å². The predicted molar refractivity (Wildman–Crippen MR) is 96.7 cm³/mol. The van der Waals surface area contributed by atoms with Crippen LogP contribution in [0.3, 0.4) is 0 Å². The molecule has 0 aliphatic carbocycles. The Labute approximate surface area is 151 Å². The third-order valence-corrected chi connectivity index (χ3v) is 5.15. The zero-order valence-electron chi connectivity index (χ0n) is 14.9. The van der Waals surface area contributed by atoms with Crippen LogP contribution in [0, 0.1) is 0 Å². The molecule has 2 heterocycles. The number of carbonyl (C=O) groups is 1. The topological polar surface area (TPSA) is 73.1 Å². The number of methoxy groups -OCH3 is 1. The van der Waals surface area contributed by atoms with Gasteiger partial charge in [0.15, 0.2) is 0 Å². The molecule has 1 saturated heterocycles. The van der Waals surface area contributed by atoms with Crippen molar-refractivity contribution in [3.8, 4) is 5.75 Å². The Hall–Kier alpha value is -2.96. The lowest BCUT2D eigenvalue weighted by molar-refractivity contribution is -0.135. The van der Waals surface area contributed by atoms with Crippen molar-refractivity contribution in [1.82, 2.24) is 25.1 Å². The Balaban J connectivity index is 1.71. The summed E-state index contributed by atoms with van der Waals surface area (Å²) in [6.07, 6.45) is 3.42. The molecule has 0 unspecified atom stereocenters. The standard InChI is InChI=1S/C19H21N5O2/c1-13(24-12-20-21-22-24)19(25)23-11-5-8-17(23)15-9-10-18(26-2)16-7-4-3-6-14(15)16/h3-4,6-7,9-10,12-13,17H,5,8,11H2,1-2H3/t13-,17+/m0/s1. The van der Waals surface area contributed by atoms with Gasteiger partial charge in [-0.05, 0) is 47.2 Å². The van der Waals surface area contributed by atoms with Crippen LogP contribution in [-0.4, -0.2) is 44.7 Å². The zero-order valence-corrected chi connectivity index (χ0v) is 14.9. The molecule has 1 aromatic heterocycles. The van der Waals surface area contributed by atoms with Crippen molar-refractivity contribution in [3.63, 3.8) is 0 Å². The Morgan fingerprint density at radius 2 is 2.04 bits per heavy atom. The molecule has 0 N–H and O–H groups in total. The van der Waals surface area contributed by atoms with Crippen molar-refractivity contribution in [2.24, 2.45) is 0 Å². The van der Waals surface area contributed by atoms with Crippen LogP contribution >= 0.6 is 0 Å². The number of fused-ring (bicyclic) bond motifs is 1. The summed E-state index contributed by atoms with van der Waals surface area (Å²) in [7, 11) is 1.68. The third kappa shape index (κ3) is 2.69. The Kier molecular flexibility index (Phi) is 4.28. The number of hydrogen-bond donors (Lipinski definition) is 0. The van der Waals surface area contributed by atoms with E-state index < -0.39 is 6.04 Å². The minimum Gasteiger partial charge on any atom is -0.496 e. The van der Waals surface area contributed by atoms with Crippen molar-refractivity contribution in [2.45, 2.75) is 31.8 Å². The number of amides is 1. The summed E-state index contributed by atoms with van der Waals surface area (Å²) in [5, 5.41) is 13.3. The maximum Gasteiger partial charge on any atom is 0.247 e. The van der Waals surface area contributed by atoms with Crippen LogP contribution in [0.25, 0.3) is 10.8 Å². The lowest BCUT2D eigenvalue weighted by atomic mass is 9.96. The number of likely N-dealkylation sites (tertiary alicyclic amines) is 1. The number of rotatable bonds is 4. The Morgan fingerprint density at radius 1 is 1.23 bits per heavy atom. The van der Waals surface area contributed by atoms with E-state index in [-0.39, 0.29) is 11.9 Å². The fourth-order valence-electron chi connectivity index (χ4n) is 3.82.